The van der Waals surface area contributed by atoms with Crippen molar-refractivity contribution in [3.63, 3.8) is 0 Å². The second kappa shape index (κ2) is 11.8. The Morgan fingerprint density at radius 2 is 1.88 bits per heavy atom. The number of hydrogen-bond donors (Lipinski definition) is 1. The summed E-state index contributed by atoms with van der Waals surface area (Å²) in [6.07, 6.45) is 3.75. The van der Waals surface area contributed by atoms with Gasteiger partial charge in [0, 0.05) is 34.3 Å². The molecule has 0 aliphatic carbocycles. The first kappa shape index (κ1) is 23.9. The predicted molar refractivity (Wildman–Crippen MR) is 126 cm³/mol. The Kier molecular flexibility index (Phi) is 8.81. The number of benzene rings is 1. The van der Waals surface area contributed by atoms with E-state index in [1.165, 1.54) is 0 Å². The van der Waals surface area contributed by atoms with Gasteiger partial charge in [-0.3, -0.25) is 0 Å². The van der Waals surface area contributed by atoms with Crippen LogP contribution in [0, 0.1) is 28.6 Å². The van der Waals surface area contributed by atoms with Crippen molar-refractivity contribution in [1.29, 1.82) is 10.5 Å². The standard InChI is InChI=1S/C25H29N3O3S/c1-3-4-24(32-16-18-13-30-14-18)23(12-27)25(22(11-26)17(2)28)19-5-7-20(8-6-19)31-21-9-10-29-15-21/h4-8,18,21H,3,9-10,13-16,28H2,1-2H3/b22-17+,24-4-,25-23-. The first-order valence-electron chi connectivity index (χ1n) is 10.8. The van der Waals surface area contributed by atoms with E-state index in [-0.39, 0.29) is 6.10 Å². The summed E-state index contributed by atoms with van der Waals surface area (Å²) < 4.78 is 16.6. The van der Waals surface area contributed by atoms with E-state index in [0.717, 1.165) is 48.0 Å². The summed E-state index contributed by atoms with van der Waals surface area (Å²) in [5.41, 5.74) is 8.56. The van der Waals surface area contributed by atoms with Gasteiger partial charge in [0.15, 0.2) is 0 Å². The van der Waals surface area contributed by atoms with Gasteiger partial charge in [0.25, 0.3) is 0 Å². The smallest absolute Gasteiger partial charge is 0.124 e. The van der Waals surface area contributed by atoms with Crippen molar-refractivity contribution in [3.8, 4) is 17.9 Å². The number of ether oxygens (including phenoxy) is 3. The average molecular weight is 452 g/mol. The van der Waals surface area contributed by atoms with E-state index >= 15 is 0 Å². The number of nitriles is 2. The molecule has 7 heteroatoms. The molecule has 2 saturated heterocycles. The SMILES string of the molecule is CC/C=C(SCC1COC1)/C(C#N)=C(\C(C#N)=C(/C)N)c1ccc(OC2CCOC2)cc1. The highest BCUT2D eigenvalue weighted by Crippen LogP contribution is 2.37. The molecule has 1 aromatic carbocycles. The van der Waals surface area contributed by atoms with Crippen LogP contribution in [0.25, 0.3) is 5.57 Å². The summed E-state index contributed by atoms with van der Waals surface area (Å²) in [6, 6.07) is 12.1. The van der Waals surface area contributed by atoms with Crippen LogP contribution in [0.2, 0.25) is 0 Å². The Hall–Kier alpha value is -2.71. The predicted octanol–water partition coefficient (Wildman–Crippen LogP) is 4.56. The van der Waals surface area contributed by atoms with Crippen molar-refractivity contribution >= 4 is 17.3 Å². The zero-order valence-electron chi connectivity index (χ0n) is 18.6. The molecule has 2 aliphatic rings. The van der Waals surface area contributed by atoms with Gasteiger partial charge in [-0.15, -0.1) is 11.8 Å². The van der Waals surface area contributed by atoms with Gasteiger partial charge in [-0.1, -0.05) is 25.1 Å². The van der Waals surface area contributed by atoms with Crippen molar-refractivity contribution in [2.45, 2.75) is 32.8 Å². The maximum atomic E-state index is 10.2. The Balaban J connectivity index is 2.00. The molecule has 168 valence electrons. The van der Waals surface area contributed by atoms with Crippen LogP contribution in [0.5, 0.6) is 5.75 Å². The molecule has 1 atom stereocenters. The topological polar surface area (TPSA) is 101 Å². The average Bonchev–Trinajstić information content (AvgIpc) is 3.26. The minimum atomic E-state index is 0.0531. The molecule has 6 nitrogen and oxygen atoms in total. The van der Waals surface area contributed by atoms with Crippen molar-refractivity contribution in [2.24, 2.45) is 11.7 Å². The molecular formula is C25H29N3O3S. The molecule has 0 radical (unpaired) electrons. The van der Waals surface area contributed by atoms with E-state index in [2.05, 4.69) is 12.1 Å². The normalized spacial score (nSPS) is 20.5. The second-order valence-electron chi connectivity index (χ2n) is 7.85. The molecule has 2 fully saturated rings. The molecule has 1 aromatic rings. The maximum absolute atomic E-state index is 10.2. The third kappa shape index (κ3) is 5.95. The summed E-state index contributed by atoms with van der Waals surface area (Å²) in [5.74, 6) is 2.09. The van der Waals surface area contributed by atoms with Crippen molar-refractivity contribution < 1.29 is 14.2 Å². The molecular weight excluding hydrogens is 422 g/mol. The van der Waals surface area contributed by atoms with Crippen LogP contribution < -0.4 is 10.5 Å². The summed E-state index contributed by atoms with van der Waals surface area (Å²) in [6.45, 7) is 6.54. The van der Waals surface area contributed by atoms with Crippen molar-refractivity contribution in [3.05, 3.63) is 57.7 Å². The van der Waals surface area contributed by atoms with Crippen molar-refractivity contribution in [2.75, 3.05) is 32.2 Å². The van der Waals surface area contributed by atoms with Gasteiger partial charge in [0.1, 0.15) is 24.0 Å². The lowest BCUT2D eigenvalue weighted by Crippen LogP contribution is -2.29. The fourth-order valence-electron chi connectivity index (χ4n) is 3.49. The highest BCUT2D eigenvalue weighted by molar-refractivity contribution is 8.03. The lowest BCUT2D eigenvalue weighted by Gasteiger charge is -2.26. The number of thioether (sulfide) groups is 1. The minimum absolute atomic E-state index is 0.0531. The zero-order valence-corrected chi connectivity index (χ0v) is 19.4. The van der Waals surface area contributed by atoms with Gasteiger partial charge >= 0.3 is 0 Å². The number of rotatable bonds is 9. The molecule has 0 bridgehead atoms. The van der Waals surface area contributed by atoms with E-state index in [0.29, 0.717) is 41.5 Å². The van der Waals surface area contributed by atoms with Crippen LogP contribution in [0.3, 0.4) is 0 Å². The molecule has 0 amide bonds. The second-order valence-corrected chi connectivity index (χ2v) is 8.91. The largest absolute Gasteiger partial charge is 0.488 e. The molecule has 2 heterocycles. The van der Waals surface area contributed by atoms with E-state index < -0.39 is 0 Å². The molecule has 1 unspecified atom stereocenters. The van der Waals surface area contributed by atoms with Crippen LogP contribution in [0.1, 0.15) is 32.3 Å². The molecule has 2 aliphatic heterocycles. The highest BCUT2D eigenvalue weighted by Gasteiger charge is 2.23. The molecule has 32 heavy (non-hydrogen) atoms. The lowest BCUT2D eigenvalue weighted by atomic mass is 9.92. The number of hydrogen-bond acceptors (Lipinski definition) is 7. The summed E-state index contributed by atoms with van der Waals surface area (Å²) in [4.78, 5) is 0.870. The minimum Gasteiger partial charge on any atom is -0.488 e. The fourth-order valence-corrected chi connectivity index (χ4v) is 4.68. The number of nitrogens with two attached hydrogens (primary N) is 1. The molecule has 0 saturated carbocycles. The highest BCUT2D eigenvalue weighted by atomic mass is 32.2. The van der Waals surface area contributed by atoms with E-state index in [1.54, 1.807) is 18.7 Å². The molecule has 2 N–H and O–H groups in total. The lowest BCUT2D eigenvalue weighted by molar-refractivity contribution is -0.0196. The quantitative estimate of drug-likeness (QED) is 0.434. The zero-order chi connectivity index (χ0) is 22.9. The van der Waals surface area contributed by atoms with E-state index in [1.807, 2.05) is 37.3 Å². The van der Waals surface area contributed by atoms with Gasteiger partial charge in [0.2, 0.25) is 0 Å². The van der Waals surface area contributed by atoms with Crippen LogP contribution in [-0.4, -0.2) is 38.3 Å². The van der Waals surface area contributed by atoms with Crippen LogP contribution >= 0.6 is 11.8 Å². The Labute approximate surface area is 194 Å². The van der Waals surface area contributed by atoms with Crippen molar-refractivity contribution in [1.82, 2.24) is 0 Å². The fraction of sp³-hybridized carbons (Fsp3) is 0.440. The van der Waals surface area contributed by atoms with Gasteiger partial charge in [-0.25, -0.2) is 0 Å². The third-order valence-corrected chi connectivity index (χ3v) is 6.59. The van der Waals surface area contributed by atoms with Crippen LogP contribution in [0.15, 0.2) is 52.1 Å². The van der Waals surface area contributed by atoms with Gasteiger partial charge < -0.3 is 19.9 Å². The third-order valence-electron chi connectivity index (χ3n) is 5.27. The molecule has 0 aromatic heterocycles. The summed E-state index contributed by atoms with van der Waals surface area (Å²) in [7, 11) is 0. The number of nitrogens with zero attached hydrogens (tertiary/aromatic N) is 2. The van der Waals surface area contributed by atoms with E-state index in [9.17, 15) is 10.5 Å². The Morgan fingerprint density at radius 1 is 1.16 bits per heavy atom. The Bertz CT molecular complexity index is 969. The first-order chi connectivity index (χ1) is 15.6. The van der Waals surface area contributed by atoms with Gasteiger partial charge in [-0.2, -0.15) is 10.5 Å². The Morgan fingerprint density at radius 3 is 2.38 bits per heavy atom. The molecule has 0 spiro atoms. The molecule has 3 rings (SSSR count). The van der Waals surface area contributed by atoms with E-state index in [4.69, 9.17) is 19.9 Å². The first-order valence-corrected chi connectivity index (χ1v) is 11.8. The van der Waals surface area contributed by atoms with Crippen LogP contribution in [0.4, 0.5) is 0 Å². The van der Waals surface area contributed by atoms with Gasteiger partial charge in [0.05, 0.1) is 37.6 Å². The summed E-state index contributed by atoms with van der Waals surface area (Å²) >= 11 is 1.64. The summed E-state index contributed by atoms with van der Waals surface area (Å²) in [5, 5.41) is 20.0. The monoisotopic (exact) mass is 451 g/mol. The van der Waals surface area contributed by atoms with Gasteiger partial charge in [-0.05, 0) is 31.0 Å². The number of allylic oxidation sites excluding steroid dienone is 5. The maximum Gasteiger partial charge on any atom is 0.124 e. The van der Waals surface area contributed by atoms with Crippen LogP contribution in [-0.2, 0) is 9.47 Å².